The number of rotatable bonds is 0. The molecule has 0 atom stereocenters. The normalized spacial score (nSPS) is 24.1. The van der Waals surface area contributed by atoms with Crippen molar-refractivity contribution in [1.82, 2.24) is 4.90 Å². The van der Waals surface area contributed by atoms with Crippen molar-refractivity contribution in [2.45, 2.75) is 0 Å². The molecular weight excluding hydrogens is 142 g/mol. The van der Waals surface area contributed by atoms with Crippen molar-refractivity contribution in [2.24, 2.45) is 10.1 Å². The number of nitrogens with two attached hydrogens (primary N) is 1. The summed E-state index contributed by atoms with van der Waals surface area (Å²) in [5, 5.41) is 0. The van der Waals surface area contributed by atoms with Crippen LogP contribution in [-0.2, 0) is 10.0 Å². The molecule has 1 aliphatic rings. The minimum atomic E-state index is -3.26. The standard InChI is InChI=1S/C3H7N3O2S/c1-6-2-9(7,8)5-3(6)4/h2H2,1H3,(H2,4,5). The summed E-state index contributed by atoms with van der Waals surface area (Å²) in [6.07, 6.45) is 0. The maximum Gasteiger partial charge on any atom is 0.274 e. The Labute approximate surface area is 53.2 Å². The first-order valence-electron chi connectivity index (χ1n) is 2.30. The Balaban J connectivity index is 3.01. The highest BCUT2D eigenvalue weighted by molar-refractivity contribution is 7.90. The molecule has 1 rings (SSSR count). The van der Waals surface area contributed by atoms with E-state index in [2.05, 4.69) is 4.40 Å². The molecule has 0 radical (unpaired) electrons. The lowest BCUT2D eigenvalue weighted by Crippen LogP contribution is -2.29. The second kappa shape index (κ2) is 1.60. The second-order valence-electron chi connectivity index (χ2n) is 1.86. The highest BCUT2D eigenvalue weighted by atomic mass is 32.2. The molecule has 1 aliphatic heterocycles. The minimum Gasteiger partial charge on any atom is -0.369 e. The van der Waals surface area contributed by atoms with Crippen LogP contribution < -0.4 is 5.73 Å². The molecule has 5 nitrogen and oxygen atoms in total. The van der Waals surface area contributed by atoms with Gasteiger partial charge in [-0.3, -0.25) is 0 Å². The van der Waals surface area contributed by atoms with E-state index in [0.717, 1.165) is 0 Å². The highest BCUT2D eigenvalue weighted by Gasteiger charge is 2.22. The van der Waals surface area contributed by atoms with Gasteiger partial charge in [-0.15, -0.1) is 4.40 Å². The van der Waals surface area contributed by atoms with Crippen molar-refractivity contribution in [2.75, 3.05) is 12.9 Å². The Morgan fingerprint density at radius 1 is 1.78 bits per heavy atom. The van der Waals surface area contributed by atoms with Crippen LogP contribution in [0.15, 0.2) is 4.40 Å². The van der Waals surface area contributed by atoms with Gasteiger partial charge >= 0.3 is 0 Å². The van der Waals surface area contributed by atoms with Crippen molar-refractivity contribution < 1.29 is 8.42 Å². The predicted molar refractivity (Wildman–Crippen MR) is 33.2 cm³/mol. The molecule has 0 saturated heterocycles. The van der Waals surface area contributed by atoms with Crippen LogP contribution in [0.4, 0.5) is 0 Å². The Kier molecular flexibility index (Phi) is 1.13. The number of guanidine groups is 1. The van der Waals surface area contributed by atoms with E-state index in [-0.39, 0.29) is 11.8 Å². The van der Waals surface area contributed by atoms with Gasteiger partial charge < -0.3 is 10.6 Å². The van der Waals surface area contributed by atoms with E-state index in [1.54, 1.807) is 7.05 Å². The molecule has 9 heavy (non-hydrogen) atoms. The summed E-state index contributed by atoms with van der Waals surface area (Å²) in [5.74, 6) is -0.0336. The first-order valence-corrected chi connectivity index (χ1v) is 3.91. The first-order chi connectivity index (χ1) is 4.01. The Morgan fingerprint density at radius 2 is 2.33 bits per heavy atom. The van der Waals surface area contributed by atoms with Crippen molar-refractivity contribution in [1.29, 1.82) is 0 Å². The summed E-state index contributed by atoms with van der Waals surface area (Å²) < 4.78 is 24.3. The van der Waals surface area contributed by atoms with E-state index < -0.39 is 10.0 Å². The van der Waals surface area contributed by atoms with Crippen molar-refractivity contribution >= 4 is 16.0 Å². The van der Waals surface area contributed by atoms with Crippen molar-refractivity contribution in [3.8, 4) is 0 Å². The summed E-state index contributed by atoms with van der Waals surface area (Å²) in [4.78, 5) is 1.37. The average molecular weight is 149 g/mol. The van der Waals surface area contributed by atoms with Gasteiger partial charge in [0, 0.05) is 7.05 Å². The molecule has 2 N–H and O–H groups in total. The molecule has 0 unspecified atom stereocenters. The highest BCUT2D eigenvalue weighted by Crippen LogP contribution is 2.03. The summed E-state index contributed by atoms with van der Waals surface area (Å²) in [6, 6.07) is 0. The molecule has 52 valence electrons. The van der Waals surface area contributed by atoms with E-state index in [1.807, 2.05) is 0 Å². The van der Waals surface area contributed by atoms with E-state index in [9.17, 15) is 8.42 Å². The molecule has 0 spiro atoms. The maximum absolute atomic E-state index is 10.5. The van der Waals surface area contributed by atoms with E-state index >= 15 is 0 Å². The predicted octanol–water partition coefficient (Wildman–Crippen LogP) is -1.47. The molecule has 1 heterocycles. The van der Waals surface area contributed by atoms with Crippen molar-refractivity contribution in [3.05, 3.63) is 0 Å². The molecule has 0 aliphatic carbocycles. The van der Waals surface area contributed by atoms with Crippen molar-refractivity contribution in [3.63, 3.8) is 0 Å². The molecule has 0 aromatic heterocycles. The van der Waals surface area contributed by atoms with E-state index in [0.29, 0.717) is 0 Å². The van der Waals surface area contributed by atoms with Crippen LogP contribution >= 0.6 is 0 Å². The van der Waals surface area contributed by atoms with Crippen LogP contribution in [0.5, 0.6) is 0 Å². The third-order valence-electron chi connectivity index (χ3n) is 0.981. The van der Waals surface area contributed by atoms with Gasteiger partial charge in [0.15, 0.2) is 0 Å². The third-order valence-corrected chi connectivity index (χ3v) is 2.16. The topological polar surface area (TPSA) is 75.8 Å². The van der Waals surface area contributed by atoms with Gasteiger partial charge in [-0.25, -0.2) is 8.42 Å². The Morgan fingerprint density at radius 3 is 2.44 bits per heavy atom. The fraction of sp³-hybridized carbons (Fsp3) is 0.667. The molecule has 0 bridgehead atoms. The van der Waals surface area contributed by atoms with Gasteiger partial charge in [0.05, 0.1) is 0 Å². The number of sulfonamides is 1. The summed E-state index contributed by atoms with van der Waals surface area (Å²) >= 11 is 0. The summed E-state index contributed by atoms with van der Waals surface area (Å²) in [5.41, 5.74) is 5.15. The fourth-order valence-corrected chi connectivity index (χ4v) is 1.66. The van der Waals surface area contributed by atoms with Crippen LogP contribution in [0.25, 0.3) is 0 Å². The smallest absolute Gasteiger partial charge is 0.274 e. The molecule has 0 aromatic carbocycles. The molecular formula is C3H7N3O2S. The Bertz CT molecular complexity index is 242. The number of hydrogen-bond acceptors (Lipinski definition) is 4. The molecule has 0 fully saturated rings. The lowest BCUT2D eigenvalue weighted by atomic mass is 10.8. The zero-order valence-electron chi connectivity index (χ0n) is 4.90. The zero-order chi connectivity index (χ0) is 7.07. The second-order valence-corrected chi connectivity index (χ2v) is 3.46. The van der Waals surface area contributed by atoms with Gasteiger partial charge in [-0.05, 0) is 0 Å². The summed E-state index contributed by atoms with van der Waals surface area (Å²) in [6.45, 7) is 0. The third kappa shape index (κ3) is 1.13. The maximum atomic E-state index is 10.5. The zero-order valence-corrected chi connectivity index (χ0v) is 5.72. The van der Waals surface area contributed by atoms with Gasteiger partial charge in [0.2, 0.25) is 5.96 Å². The molecule has 0 amide bonds. The lowest BCUT2D eigenvalue weighted by Gasteiger charge is -2.04. The SMILES string of the molecule is CN1CS(=O)(=O)N=C1N. The largest absolute Gasteiger partial charge is 0.369 e. The van der Waals surface area contributed by atoms with Gasteiger partial charge in [0.25, 0.3) is 10.0 Å². The van der Waals surface area contributed by atoms with Crippen LogP contribution in [0.1, 0.15) is 0 Å². The number of hydrogen-bond donors (Lipinski definition) is 1. The van der Waals surface area contributed by atoms with Gasteiger partial charge in [-0.1, -0.05) is 0 Å². The van der Waals surface area contributed by atoms with E-state index in [1.165, 1.54) is 4.90 Å². The van der Waals surface area contributed by atoms with E-state index in [4.69, 9.17) is 5.73 Å². The average Bonchev–Trinajstić information content (AvgIpc) is 1.79. The monoisotopic (exact) mass is 149 g/mol. The molecule has 0 aromatic rings. The molecule has 6 heteroatoms. The van der Waals surface area contributed by atoms with Crippen LogP contribution in [0.3, 0.4) is 0 Å². The van der Waals surface area contributed by atoms with Gasteiger partial charge in [0.1, 0.15) is 5.88 Å². The van der Waals surface area contributed by atoms with Crippen LogP contribution in [0.2, 0.25) is 0 Å². The lowest BCUT2D eigenvalue weighted by molar-refractivity contribution is 0.556. The quantitative estimate of drug-likeness (QED) is 0.456. The van der Waals surface area contributed by atoms with Gasteiger partial charge in [-0.2, -0.15) is 0 Å². The first kappa shape index (κ1) is 6.34. The molecule has 0 saturated carbocycles. The summed E-state index contributed by atoms with van der Waals surface area (Å²) in [7, 11) is -1.68. The van der Waals surface area contributed by atoms with Crippen LogP contribution in [0, 0.1) is 0 Å². The van der Waals surface area contributed by atoms with Crippen LogP contribution in [-0.4, -0.2) is 32.2 Å². The fourth-order valence-electron chi connectivity index (χ4n) is 0.552. The Hall–Kier alpha value is -0.780. The minimum absolute atomic E-state index is 0.0648. The number of nitrogens with zero attached hydrogens (tertiary/aromatic N) is 2.